The Bertz CT molecular complexity index is 193. The van der Waals surface area contributed by atoms with Crippen molar-refractivity contribution in [2.75, 3.05) is 19.5 Å². The van der Waals surface area contributed by atoms with Crippen LogP contribution >= 0.6 is 0 Å². The maximum Gasteiger partial charge on any atom is 0.492 e. The summed E-state index contributed by atoms with van der Waals surface area (Å²) >= 11 is 0. The van der Waals surface area contributed by atoms with E-state index in [9.17, 15) is 12.9 Å². The Kier molecular flexibility index (Phi) is 2.78. The normalized spacial score (nSPS) is 34.5. The Balaban J connectivity index is 1.87. The summed E-state index contributed by atoms with van der Waals surface area (Å²) in [5.74, 6) is 1.11. The van der Waals surface area contributed by atoms with Gasteiger partial charge in [0, 0.05) is 0 Å². The van der Waals surface area contributed by atoms with Crippen LogP contribution in [0, 0.1) is 11.8 Å². The molecule has 1 aliphatic heterocycles. The zero-order valence-corrected chi connectivity index (χ0v) is 8.26. The zero-order valence-electron chi connectivity index (χ0n) is 8.26. The summed E-state index contributed by atoms with van der Waals surface area (Å²) in [6.45, 7) is -3.25. The molecule has 2 fully saturated rings. The van der Waals surface area contributed by atoms with E-state index in [2.05, 4.69) is 0 Å². The molecule has 0 radical (unpaired) electrons. The summed E-state index contributed by atoms with van der Waals surface area (Å²) < 4.78 is 36.6. The lowest BCUT2D eigenvalue weighted by atomic mass is 9.82. The summed E-state index contributed by atoms with van der Waals surface area (Å²) in [6.07, 6.45) is 4.07. The Labute approximate surface area is 82.7 Å². The van der Waals surface area contributed by atoms with Crippen LogP contribution in [-0.4, -0.2) is 31.4 Å². The molecule has 5 heteroatoms. The first-order valence-corrected chi connectivity index (χ1v) is 5.48. The van der Waals surface area contributed by atoms with E-state index in [1.165, 1.54) is 12.8 Å². The van der Waals surface area contributed by atoms with Crippen LogP contribution in [0.4, 0.5) is 12.9 Å². The standard InChI is InChI=1S/C9H16BF3N/c11-10(12,13)7-14-5-8-3-1-2-4-9(8)6-14/h8-9H,1-7H2/q-1. The van der Waals surface area contributed by atoms with E-state index in [4.69, 9.17) is 0 Å². The van der Waals surface area contributed by atoms with E-state index in [1.807, 2.05) is 0 Å². The number of nitrogens with zero attached hydrogens (tertiary/aromatic N) is 1. The molecule has 1 nitrogen and oxygen atoms in total. The predicted molar refractivity (Wildman–Crippen MR) is 51.0 cm³/mol. The minimum absolute atomic E-state index is 0.557. The SMILES string of the molecule is F[B-](F)(F)CN1CC2CCCCC2C1. The average Bonchev–Trinajstić information content (AvgIpc) is 2.42. The highest BCUT2D eigenvalue weighted by Gasteiger charge is 2.37. The topological polar surface area (TPSA) is 3.24 Å². The molecular formula is C9H16BF3N-. The lowest BCUT2D eigenvalue weighted by Gasteiger charge is -2.23. The van der Waals surface area contributed by atoms with Crippen LogP contribution in [-0.2, 0) is 0 Å². The predicted octanol–water partition coefficient (Wildman–Crippen LogP) is 2.50. The number of likely N-dealkylation sites (tertiary alicyclic amines) is 1. The molecule has 82 valence electrons. The minimum atomic E-state index is -4.62. The molecule has 14 heavy (non-hydrogen) atoms. The molecule has 2 rings (SSSR count). The number of halogens is 3. The lowest BCUT2D eigenvalue weighted by molar-refractivity contribution is 0.299. The van der Waals surface area contributed by atoms with Gasteiger partial charge >= 0.3 is 6.98 Å². The van der Waals surface area contributed by atoms with E-state index in [-0.39, 0.29) is 0 Å². The summed E-state index contributed by atoms with van der Waals surface area (Å²) in [5, 5.41) is 0. The van der Waals surface area contributed by atoms with Crippen molar-refractivity contribution in [3.8, 4) is 0 Å². The maximum absolute atomic E-state index is 12.2. The van der Waals surface area contributed by atoms with Gasteiger partial charge in [-0.3, -0.25) is 0 Å². The fourth-order valence-electron chi connectivity index (χ4n) is 2.94. The molecule has 0 bridgehead atoms. The highest BCUT2D eigenvalue weighted by Crippen LogP contribution is 2.36. The highest BCUT2D eigenvalue weighted by molar-refractivity contribution is 6.58. The number of fused-ring (bicyclic) bond motifs is 1. The Morgan fingerprint density at radius 3 is 1.93 bits per heavy atom. The summed E-state index contributed by atoms with van der Waals surface area (Å²) in [5.41, 5.74) is 0. The van der Waals surface area contributed by atoms with Crippen LogP contribution in [0.3, 0.4) is 0 Å². The summed E-state index contributed by atoms with van der Waals surface area (Å²) in [7, 11) is 0. The Morgan fingerprint density at radius 2 is 1.50 bits per heavy atom. The van der Waals surface area contributed by atoms with Crippen molar-refractivity contribution in [1.29, 1.82) is 0 Å². The molecule has 2 aliphatic rings. The second-order valence-electron chi connectivity index (χ2n) is 4.73. The third kappa shape index (κ3) is 2.44. The molecule has 0 spiro atoms. The minimum Gasteiger partial charge on any atom is -0.448 e. The largest absolute Gasteiger partial charge is 0.492 e. The third-order valence-corrected chi connectivity index (χ3v) is 3.52. The zero-order chi connectivity index (χ0) is 10.2. The van der Waals surface area contributed by atoms with Gasteiger partial charge in [-0.05, 0) is 44.2 Å². The van der Waals surface area contributed by atoms with Gasteiger partial charge in [-0.25, -0.2) is 0 Å². The van der Waals surface area contributed by atoms with Crippen molar-refractivity contribution in [3.05, 3.63) is 0 Å². The molecule has 0 aromatic rings. The smallest absolute Gasteiger partial charge is 0.448 e. The highest BCUT2D eigenvalue weighted by atomic mass is 19.4. The third-order valence-electron chi connectivity index (χ3n) is 3.52. The van der Waals surface area contributed by atoms with Crippen LogP contribution in [0.1, 0.15) is 25.7 Å². The fourth-order valence-corrected chi connectivity index (χ4v) is 2.94. The van der Waals surface area contributed by atoms with Gasteiger partial charge in [0.15, 0.2) is 0 Å². The van der Waals surface area contributed by atoms with E-state index in [0.717, 1.165) is 12.8 Å². The molecule has 2 atom stereocenters. The molecule has 2 unspecified atom stereocenters. The molecule has 1 heterocycles. The first-order valence-electron chi connectivity index (χ1n) is 5.48. The van der Waals surface area contributed by atoms with Crippen molar-refractivity contribution in [1.82, 2.24) is 4.90 Å². The van der Waals surface area contributed by atoms with Crippen LogP contribution in [0.2, 0.25) is 0 Å². The van der Waals surface area contributed by atoms with Crippen molar-refractivity contribution < 1.29 is 12.9 Å². The molecule has 0 aromatic carbocycles. The van der Waals surface area contributed by atoms with E-state index in [1.54, 1.807) is 4.90 Å². The summed E-state index contributed by atoms with van der Waals surface area (Å²) in [4.78, 5) is 1.61. The van der Waals surface area contributed by atoms with Crippen LogP contribution in [0.25, 0.3) is 0 Å². The monoisotopic (exact) mass is 206 g/mol. The maximum atomic E-state index is 12.2. The van der Waals surface area contributed by atoms with Gasteiger partial charge < -0.3 is 17.8 Å². The van der Waals surface area contributed by atoms with Crippen molar-refractivity contribution in [2.24, 2.45) is 11.8 Å². The van der Waals surface area contributed by atoms with Crippen LogP contribution in [0.5, 0.6) is 0 Å². The van der Waals surface area contributed by atoms with E-state index < -0.39 is 13.4 Å². The number of hydrogen-bond donors (Lipinski definition) is 0. The Hall–Kier alpha value is -0.185. The average molecular weight is 206 g/mol. The summed E-state index contributed by atoms with van der Waals surface area (Å²) in [6, 6.07) is 0. The number of rotatable bonds is 2. The molecule has 1 aliphatic carbocycles. The second kappa shape index (κ2) is 3.76. The molecule has 0 aromatic heterocycles. The van der Waals surface area contributed by atoms with E-state index in [0.29, 0.717) is 24.9 Å². The van der Waals surface area contributed by atoms with Crippen LogP contribution < -0.4 is 0 Å². The molecule has 0 N–H and O–H groups in total. The first kappa shape index (κ1) is 10.3. The van der Waals surface area contributed by atoms with Crippen molar-refractivity contribution in [2.45, 2.75) is 25.7 Å². The van der Waals surface area contributed by atoms with E-state index >= 15 is 0 Å². The Morgan fingerprint density at radius 1 is 1.00 bits per heavy atom. The second-order valence-corrected chi connectivity index (χ2v) is 4.73. The van der Waals surface area contributed by atoms with Gasteiger partial charge in [0.05, 0.1) is 0 Å². The van der Waals surface area contributed by atoms with Gasteiger partial charge in [0.1, 0.15) is 0 Å². The molecule has 1 saturated heterocycles. The van der Waals surface area contributed by atoms with Crippen molar-refractivity contribution >= 4 is 6.98 Å². The first-order chi connectivity index (χ1) is 6.54. The molecule has 0 amide bonds. The van der Waals surface area contributed by atoms with Gasteiger partial charge in [0.2, 0.25) is 0 Å². The van der Waals surface area contributed by atoms with Gasteiger partial charge in [-0.15, -0.1) is 0 Å². The van der Waals surface area contributed by atoms with Gasteiger partial charge in [-0.2, -0.15) is 0 Å². The lowest BCUT2D eigenvalue weighted by Crippen LogP contribution is -2.36. The quantitative estimate of drug-likeness (QED) is 0.627. The van der Waals surface area contributed by atoms with Crippen molar-refractivity contribution in [3.63, 3.8) is 0 Å². The molecular weight excluding hydrogens is 190 g/mol. The van der Waals surface area contributed by atoms with Crippen LogP contribution in [0.15, 0.2) is 0 Å². The molecule has 1 saturated carbocycles. The fraction of sp³-hybridized carbons (Fsp3) is 1.00. The number of hydrogen-bond acceptors (Lipinski definition) is 1. The van der Waals surface area contributed by atoms with Gasteiger partial charge in [-0.1, -0.05) is 12.8 Å². The van der Waals surface area contributed by atoms with Gasteiger partial charge in [0.25, 0.3) is 0 Å².